The molecular weight excluding hydrogens is 596 g/mol. The largest absolute Gasteiger partial charge is 0.489 e. The van der Waals surface area contributed by atoms with E-state index in [9.17, 15) is 14.4 Å². The molecule has 1 fully saturated rings. The molecule has 37 heavy (non-hydrogen) atoms. The van der Waals surface area contributed by atoms with Crippen molar-refractivity contribution >= 4 is 68.1 Å². The van der Waals surface area contributed by atoms with Gasteiger partial charge in [-0.2, -0.15) is 0 Å². The first-order valence-electron chi connectivity index (χ1n) is 11.4. The van der Waals surface area contributed by atoms with Gasteiger partial charge < -0.3 is 9.72 Å². The molecule has 2 aliphatic rings. The summed E-state index contributed by atoms with van der Waals surface area (Å²) in [6.07, 6.45) is 0. The number of ether oxygens (including phenoxy) is 1. The number of amides is 2. The Balaban J connectivity index is 1.32. The van der Waals surface area contributed by atoms with Crippen LogP contribution in [0.25, 0.3) is 0 Å². The number of aromatic amines is 1. The number of imide groups is 1. The monoisotopic (exact) mass is 612 g/mol. The molecule has 0 radical (unpaired) electrons. The van der Waals surface area contributed by atoms with Crippen molar-refractivity contribution in [3.8, 4) is 5.75 Å². The number of thiazole rings is 1. The van der Waals surface area contributed by atoms with Gasteiger partial charge in [0.25, 0.3) is 0 Å². The fourth-order valence-electron chi connectivity index (χ4n) is 4.74. The summed E-state index contributed by atoms with van der Waals surface area (Å²) >= 11 is 11.7. The van der Waals surface area contributed by atoms with E-state index in [-0.39, 0.29) is 16.7 Å². The van der Waals surface area contributed by atoms with Crippen LogP contribution in [0, 0.1) is 5.92 Å². The van der Waals surface area contributed by atoms with E-state index < -0.39 is 17.1 Å². The van der Waals surface area contributed by atoms with Crippen LogP contribution in [0.15, 0.2) is 87.1 Å². The van der Waals surface area contributed by atoms with Crippen molar-refractivity contribution < 1.29 is 14.3 Å². The van der Waals surface area contributed by atoms with Crippen LogP contribution >= 0.6 is 50.6 Å². The molecule has 10 heteroatoms. The predicted octanol–water partition coefficient (Wildman–Crippen LogP) is 6.23. The van der Waals surface area contributed by atoms with Gasteiger partial charge in [0.15, 0.2) is 0 Å². The molecule has 3 heterocycles. The first kappa shape index (κ1) is 24.5. The number of hydrogen-bond acceptors (Lipinski definition) is 6. The first-order valence-corrected chi connectivity index (χ1v) is 14.3. The number of benzene rings is 3. The van der Waals surface area contributed by atoms with E-state index in [4.69, 9.17) is 16.3 Å². The van der Waals surface area contributed by atoms with E-state index in [1.807, 2.05) is 48.5 Å². The molecule has 4 aromatic rings. The second kappa shape index (κ2) is 9.79. The Morgan fingerprint density at radius 3 is 2.32 bits per heavy atom. The third-order valence-electron chi connectivity index (χ3n) is 6.47. The Labute approximate surface area is 233 Å². The number of carbonyl (C=O) groups is 2. The maximum absolute atomic E-state index is 13.7. The number of halogens is 2. The van der Waals surface area contributed by atoms with Crippen molar-refractivity contribution in [3.05, 3.63) is 108 Å². The van der Waals surface area contributed by atoms with Crippen LogP contribution in [0.1, 0.15) is 21.9 Å². The molecule has 2 aliphatic heterocycles. The van der Waals surface area contributed by atoms with Gasteiger partial charge in [-0.15, -0.1) is 0 Å². The lowest BCUT2D eigenvalue weighted by Gasteiger charge is -2.29. The molecule has 1 aromatic heterocycles. The third kappa shape index (κ3) is 4.54. The molecule has 6 nitrogen and oxygen atoms in total. The number of rotatable bonds is 5. The van der Waals surface area contributed by atoms with E-state index in [0.29, 0.717) is 28.1 Å². The highest BCUT2D eigenvalue weighted by Gasteiger charge is 2.56. The fraction of sp³-hybridized carbons (Fsp3) is 0.148. The van der Waals surface area contributed by atoms with Crippen LogP contribution in [-0.2, 0) is 16.2 Å². The highest BCUT2D eigenvalue weighted by Crippen LogP contribution is 2.53. The van der Waals surface area contributed by atoms with Gasteiger partial charge in [-0.3, -0.25) is 14.4 Å². The highest BCUT2D eigenvalue weighted by molar-refractivity contribution is 9.10. The third-order valence-corrected chi connectivity index (χ3v) is 9.65. The molecule has 0 unspecified atom stereocenters. The summed E-state index contributed by atoms with van der Waals surface area (Å²) in [5.41, 5.74) is 2.38. The number of H-pyrrole nitrogens is 1. The van der Waals surface area contributed by atoms with E-state index in [0.717, 1.165) is 31.8 Å². The van der Waals surface area contributed by atoms with Crippen LogP contribution in [0.4, 0.5) is 5.69 Å². The Kier molecular flexibility index (Phi) is 6.48. The number of thioether (sulfide) groups is 1. The van der Waals surface area contributed by atoms with Gasteiger partial charge in [0.1, 0.15) is 17.6 Å². The number of fused-ring (bicyclic) bond motifs is 2. The van der Waals surface area contributed by atoms with Gasteiger partial charge in [-0.05, 0) is 59.7 Å². The van der Waals surface area contributed by atoms with Crippen LogP contribution < -0.4 is 14.5 Å². The first-order chi connectivity index (χ1) is 17.9. The summed E-state index contributed by atoms with van der Waals surface area (Å²) in [4.78, 5) is 44.2. The van der Waals surface area contributed by atoms with Crippen LogP contribution in [0.5, 0.6) is 5.75 Å². The van der Waals surface area contributed by atoms with Gasteiger partial charge in [0.2, 0.25) is 11.8 Å². The van der Waals surface area contributed by atoms with Crippen molar-refractivity contribution in [1.29, 1.82) is 0 Å². The van der Waals surface area contributed by atoms with Gasteiger partial charge in [0, 0.05) is 20.3 Å². The average Bonchev–Trinajstić information content (AvgIpc) is 3.39. The standard InChI is InChI=1S/C27H18BrClN2O4S2/c28-16-5-9-18(10-6-16)31-25(32)21-20(22-24(30-27(34)37-22)36-23(21)26(31)33)15-3-11-19(12-4-15)35-13-14-1-7-17(29)8-2-14/h1-12,20-21,23H,13H2,(H,30,34)/t20-,21-,23+/m0/s1. The lowest BCUT2D eigenvalue weighted by Crippen LogP contribution is -2.32. The molecule has 3 aromatic carbocycles. The van der Waals surface area contributed by atoms with Gasteiger partial charge in [-0.1, -0.05) is 74.9 Å². The number of anilines is 1. The molecule has 1 saturated heterocycles. The van der Waals surface area contributed by atoms with Crippen molar-refractivity contribution in [1.82, 2.24) is 4.98 Å². The topological polar surface area (TPSA) is 79.5 Å². The lowest BCUT2D eigenvalue weighted by atomic mass is 9.83. The number of nitrogens with one attached hydrogen (secondary N) is 1. The molecule has 0 aliphatic carbocycles. The van der Waals surface area contributed by atoms with E-state index in [1.54, 1.807) is 24.3 Å². The predicted molar refractivity (Wildman–Crippen MR) is 149 cm³/mol. The molecule has 3 atom stereocenters. The molecule has 1 N–H and O–H groups in total. The lowest BCUT2D eigenvalue weighted by molar-refractivity contribution is -0.122. The second-order valence-electron chi connectivity index (χ2n) is 8.72. The highest BCUT2D eigenvalue weighted by atomic mass is 79.9. The second-order valence-corrected chi connectivity index (χ2v) is 12.2. The van der Waals surface area contributed by atoms with Gasteiger partial charge in [-0.25, -0.2) is 4.90 Å². The van der Waals surface area contributed by atoms with Gasteiger partial charge in [0.05, 0.1) is 16.6 Å². The number of nitrogens with zero attached hydrogens (tertiary/aromatic N) is 1. The van der Waals surface area contributed by atoms with Gasteiger partial charge >= 0.3 is 4.87 Å². The zero-order valence-electron chi connectivity index (χ0n) is 19.0. The summed E-state index contributed by atoms with van der Waals surface area (Å²) in [6.45, 7) is 0.389. The minimum absolute atomic E-state index is 0.199. The zero-order valence-corrected chi connectivity index (χ0v) is 23.0. The Morgan fingerprint density at radius 1 is 0.919 bits per heavy atom. The van der Waals surface area contributed by atoms with Crippen molar-refractivity contribution in [2.24, 2.45) is 5.92 Å². The van der Waals surface area contributed by atoms with Crippen molar-refractivity contribution in [2.45, 2.75) is 22.8 Å². The van der Waals surface area contributed by atoms with Crippen LogP contribution in [0.2, 0.25) is 5.02 Å². The minimum Gasteiger partial charge on any atom is -0.489 e. The Hall–Kier alpha value is -2.85. The quantitative estimate of drug-likeness (QED) is 0.270. The van der Waals surface area contributed by atoms with Crippen LogP contribution in [0.3, 0.4) is 0 Å². The molecular formula is C27H18BrClN2O4S2. The summed E-state index contributed by atoms with van der Waals surface area (Å²) in [5.74, 6) is -0.904. The normalized spacial score (nSPS) is 20.6. The molecule has 6 rings (SSSR count). The maximum atomic E-state index is 13.7. The van der Waals surface area contributed by atoms with E-state index >= 15 is 0 Å². The van der Waals surface area contributed by atoms with Crippen LogP contribution in [-0.4, -0.2) is 22.0 Å². The number of hydrogen-bond donors (Lipinski definition) is 1. The summed E-state index contributed by atoms with van der Waals surface area (Å²) in [5, 5.41) is 0.699. The summed E-state index contributed by atoms with van der Waals surface area (Å²) in [7, 11) is 0. The fourth-order valence-corrected chi connectivity index (χ4v) is 7.65. The summed E-state index contributed by atoms with van der Waals surface area (Å²) in [6, 6.07) is 22.1. The molecule has 0 bridgehead atoms. The number of carbonyl (C=O) groups excluding carboxylic acids is 2. The van der Waals surface area contributed by atoms with E-state index in [2.05, 4.69) is 20.9 Å². The van der Waals surface area contributed by atoms with E-state index in [1.165, 1.54) is 16.7 Å². The average molecular weight is 614 g/mol. The Bertz CT molecular complexity index is 1550. The SMILES string of the molecule is O=C1[C@H]2[C@H](c3ccc(OCc4ccc(Cl)cc4)cc3)c3sc(=O)[nH]c3S[C@H]2C(=O)N1c1ccc(Br)cc1. The molecule has 0 spiro atoms. The zero-order chi connectivity index (χ0) is 25.7. The molecule has 0 saturated carbocycles. The maximum Gasteiger partial charge on any atom is 0.305 e. The molecule has 2 amide bonds. The minimum atomic E-state index is -0.625. The summed E-state index contributed by atoms with van der Waals surface area (Å²) < 4.78 is 6.78. The van der Waals surface area contributed by atoms with Crippen molar-refractivity contribution in [2.75, 3.05) is 4.90 Å². The smallest absolute Gasteiger partial charge is 0.305 e. The van der Waals surface area contributed by atoms with Crippen molar-refractivity contribution in [3.63, 3.8) is 0 Å². The molecule has 186 valence electrons. The Morgan fingerprint density at radius 2 is 1.62 bits per heavy atom. The number of aromatic nitrogens is 1.